The zero-order valence-electron chi connectivity index (χ0n) is 22.4. The number of nitro groups is 1. The van der Waals surface area contributed by atoms with Crippen molar-refractivity contribution in [2.24, 2.45) is 0 Å². The molecule has 10 nitrogen and oxygen atoms in total. The standard InChI is InChI=1S/C29H20F3N5O5S/c1-16-12-18(13-24-26(38)34-28(43)36(27(24)39)21-5-3-4-19(14-21)29(30,31)32)17(2)35(16)20-6-9-23(10-7-20)42-25-11-8-22(15-33-25)37(40)41/h3-15H,1-2H3,(H,34,38,43)/b24-13+. The van der Waals surface area contributed by atoms with Crippen molar-refractivity contribution >= 4 is 46.6 Å². The van der Waals surface area contributed by atoms with Crippen LogP contribution in [0.4, 0.5) is 24.5 Å². The minimum atomic E-state index is -4.64. The topological polar surface area (TPSA) is 120 Å². The molecule has 0 radical (unpaired) electrons. The average Bonchev–Trinajstić information content (AvgIpc) is 3.23. The second kappa shape index (κ2) is 11.1. The lowest BCUT2D eigenvalue weighted by Crippen LogP contribution is -2.54. The molecule has 0 bridgehead atoms. The van der Waals surface area contributed by atoms with E-state index in [9.17, 15) is 32.9 Å². The third-order valence-electron chi connectivity index (χ3n) is 6.55. The van der Waals surface area contributed by atoms with Crippen LogP contribution in [0.2, 0.25) is 0 Å². The number of nitrogens with one attached hydrogen (secondary N) is 1. The van der Waals surface area contributed by atoms with E-state index in [1.807, 2.05) is 11.5 Å². The van der Waals surface area contributed by atoms with Crippen LogP contribution in [0, 0.1) is 24.0 Å². The molecule has 1 N–H and O–H groups in total. The van der Waals surface area contributed by atoms with Crippen molar-refractivity contribution in [1.29, 1.82) is 0 Å². The highest BCUT2D eigenvalue weighted by molar-refractivity contribution is 7.80. The Balaban J connectivity index is 1.42. The van der Waals surface area contributed by atoms with Gasteiger partial charge in [-0.05, 0) is 86.2 Å². The number of halogens is 3. The van der Waals surface area contributed by atoms with Crippen LogP contribution < -0.4 is 15.0 Å². The number of carbonyl (C=O) groups is 2. The Morgan fingerprint density at radius 1 is 1.02 bits per heavy atom. The van der Waals surface area contributed by atoms with Gasteiger partial charge in [0, 0.05) is 29.2 Å². The van der Waals surface area contributed by atoms with Crippen molar-refractivity contribution in [3.05, 3.63) is 111 Å². The first-order valence-electron chi connectivity index (χ1n) is 12.5. The Labute approximate surface area is 247 Å². The van der Waals surface area contributed by atoms with Crippen LogP contribution in [0.5, 0.6) is 11.6 Å². The van der Waals surface area contributed by atoms with Crippen molar-refractivity contribution in [2.75, 3.05) is 4.90 Å². The zero-order chi connectivity index (χ0) is 31.1. The highest BCUT2D eigenvalue weighted by Gasteiger charge is 2.37. The summed E-state index contributed by atoms with van der Waals surface area (Å²) in [5, 5.41) is 12.9. The SMILES string of the molecule is Cc1cc(/C=C2\C(=O)NC(=S)N(c3cccc(C(F)(F)F)c3)C2=O)c(C)n1-c1ccc(Oc2ccc([N+](=O)[O-])cn2)cc1. The van der Waals surface area contributed by atoms with Gasteiger partial charge in [-0.3, -0.25) is 29.9 Å². The second-order valence-corrected chi connectivity index (χ2v) is 9.76. The summed E-state index contributed by atoms with van der Waals surface area (Å²) in [5.74, 6) is -1.02. The van der Waals surface area contributed by atoms with E-state index < -0.39 is 28.5 Å². The molecule has 5 rings (SSSR count). The van der Waals surface area contributed by atoms with E-state index in [2.05, 4.69) is 10.3 Å². The first kappa shape index (κ1) is 29.1. The molecule has 1 fully saturated rings. The number of hydrogen-bond donors (Lipinski definition) is 1. The lowest BCUT2D eigenvalue weighted by atomic mass is 10.1. The number of alkyl halides is 3. The quantitative estimate of drug-likeness (QED) is 0.0933. The lowest BCUT2D eigenvalue weighted by molar-refractivity contribution is -0.385. The fourth-order valence-electron chi connectivity index (χ4n) is 4.52. The van der Waals surface area contributed by atoms with Crippen molar-refractivity contribution in [2.45, 2.75) is 20.0 Å². The molecule has 4 aromatic rings. The Morgan fingerprint density at radius 3 is 2.37 bits per heavy atom. The van der Waals surface area contributed by atoms with Crippen LogP contribution in [0.15, 0.2) is 78.5 Å². The molecule has 14 heteroatoms. The van der Waals surface area contributed by atoms with Gasteiger partial charge in [-0.1, -0.05) is 6.07 Å². The third-order valence-corrected chi connectivity index (χ3v) is 6.84. The number of anilines is 1. The van der Waals surface area contributed by atoms with E-state index >= 15 is 0 Å². The van der Waals surface area contributed by atoms with Gasteiger partial charge < -0.3 is 9.30 Å². The summed E-state index contributed by atoms with van der Waals surface area (Å²) in [6, 6.07) is 15.4. The fourth-order valence-corrected chi connectivity index (χ4v) is 4.81. The number of ether oxygens (including phenoxy) is 1. The van der Waals surface area contributed by atoms with Gasteiger partial charge in [0.2, 0.25) is 5.88 Å². The first-order chi connectivity index (χ1) is 20.3. The Kier molecular flexibility index (Phi) is 7.54. The highest BCUT2D eigenvalue weighted by Crippen LogP contribution is 2.33. The Bertz CT molecular complexity index is 1820. The summed E-state index contributed by atoms with van der Waals surface area (Å²) < 4.78 is 47.4. The molecule has 0 saturated carbocycles. The minimum Gasteiger partial charge on any atom is -0.439 e. The molecule has 0 spiro atoms. The van der Waals surface area contributed by atoms with Gasteiger partial charge in [-0.25, -0.2) is 4.98 Å². The maximum Gasteiger partial charge on any atom is 0.416 e. The van der Waals surface area contributed by atoms with Gasteiger partial charge in [0.15, 0.2) is 5.11 Å². The van der Waals surface area contributed by atoms with Crippen LogP contribution in [0.3, 0.4) is 0 Å². The summed E-state index contributed by atoms with van der Waals surface area (Å²) in [6.45, 7) is 3.61. The number of aryl methyl sites for hydroxylation is 1. The van der Waals surface area contributed by atoms with Crippen LogP contribution >= 0.6 is 12.2 Å². The van der Waals surface area contributed by atoms with Gasteiger partial charge in [-0.15, -0.1) is 0 Å². The summed E-state index contributed by atoms with van der Waals surface area (Å²) in [6.07, 6.45) is -2.17. The molecule has 43 heavy (non-hydrogen) atoms. The van der Waals surface area contributed by atoms with Crippen LogP contribution in [-0.4, -0.2) is 31.4 Å². The van der Waals surface area contributed by atoms with Crippen molar-refractivity contribution in [3.8, 4) is 17.3 Å². The second-order valence-electron chi connectivity index (χ2n) is 9.38. The lowest BCUT2D eigenvalue weighted by Gasteiger charge is -2.29. The van der Waals surface area contributed by atoms with E-state index in [1.54, 1.807) is 37.3 Å². The van der Waals surface area contributed by atoms with E-state index in [0.717, 1.165) is 40.7 Å². The van der Waals surface area contributed by atoms with E-state index in [1.165, 1.54) is 24.3 Å². The van der Waals surface area contributed by atoms with Gasteiger partial charge in [-0.2, -0.15) is 13.2 Å². The predicted octanol–water partition coefficient (Wildman–Crippen LogP) is 6.04. The molecule has 2 amide bonds. The molecule has 1 saturated heterocycles. The van der Waals surface area contributed by atoms with Gasteiger partial charge in [0.1, 0.15) is 17.5 Å². The van der Waals surface area contributed by atoms with E-state index in [-0.39, 0.29) is 27.9 Å². The third kappa shape index (κ3) is 5.85. The number of carbonyl (C=O) groups excluding carboxylic acids is 2. The maximum atomic E-state index is 13.4. The smallest absolute Gasteiger partial charge is 0.416 e. The molecule has 1 aliphatic heterocycles. The summed E-state index contributed by atoms with van der Waals surface area (Å²) in [4.78, 5) is 41.2. The average molecular weight is 608 g/mol. The molecule has 0 atom stereocenters. The number of amides is 2. The van der Waals surface area contributed by atoms with E-state index in [4.69, 9.17) is 17.0 Å². The predicted molar refractivity (Wildman–Crippen MR) is 154 cm³/mol. The monoisotopic (exact) mass is 607 g/mol. The number of thiocarbonyl (C=S) groups is 1. The first-order valence-corrected chi connectivity index (χ1v) is 12.9. The molecular formula is C29H20F3N5O5S. The molecule has 0 aliphatic carbocycles. The number of aromatic nitrogens is 2. The molecule has 2 aromatic heterocycles. The number of rotatable bonds is 6. The molecule has 3 heterocycles. The molecule has 0 unspecified atom stereocenters. The van der Waals surface area contributed by atoms with Crippen LogP contribution in [0.1, 0.15) is 22.5 Å². The largest absolute Gasteiger partial charge is 0.439 e. The number of benzene rings is 2. The Morgan fingerprint density at radius 2 is 1.74 bits per heavy atom. The highest BCUT2D eigenvalue weighted by atomic mass is 32.1. The molecule has 1 aliphatic rings. The minimum absolute atomic E-state index is 0.132. The molecule has 2 aromatic carbocycles. The van der Waals surface area contributed by atoms with Gasteiger partial charge >= 0.3 is 6.18 Å². The fraction of sp³-hybridized carbons (Fsp3) is 0.103. The van der Waals surface area contributed by atoms with Crippen LogP contribution in [-0.2, 0) is 15.8 Å². The summed E-state index contributed by atoms with van der Waals surface area (Å²) >= 11 is 5.12. The summed E-state index contributed by atoms with van der Waals surface area (Å²) in [5.41, 5.74) is 1.15. The van der Waals surface area contributed by atoms with Crippen molar-refractivity contribution < 1.29 is 32.4 Å². The molecule has 218 valence electrons. The number of nitrogens with zero attached hydrogens (tertiary/aromatic N) is 4. The maximum absolute atomic E-state index is 13.4. The van der Waals surface area contributed by atoms with Gasteiger partial charge in [0.05, 0.1) is 16.2 Å². The number of pyridine rings is 1. The molecular weight excluding hydrogens is 587 g/mol. The Hall–Kier alpha value is -5.37. The number of hydrogen-bond acceptors (Lipinski definition) is 7. The summed E-state index contributed by atoms with van der Waals surface area (Å²) in [7, 11) is 0. The van der Waals surface area contributed by atoms with Crippen molar-refractivity contribution in [1.82, 2.24) is 14.9 Å². The normalized spacial score (nSPS) is 14.7. The zero-order valence-corrected chi connectivity index (χ0v) is 23.2. The van der Waals surface area contributed by atoms with E-state index in [0.29, 0.717) is 17.0 Å². The van der Waals surface area contributed by atoms with Crippen molar-refractivity contribution in [3.63, 3.8) is 0 Å². The van der Waals surface area contributed by atoms with Gasteiger partial charge in [0.25, 0.3) is 17.5 Å². The van der Waals surface area contributed by atoms with Crippen LogP contribution in [0.25, 0.3) is 11.8 Å².